The largest absolute Gasteiger partial charge is 0.493 e. The molecule has 1 aliphatic rings. The first kappa shape index (κ1) is 17.2. The Kier molecular flexibility index (Phi) is 4.58. The fourth-order valence-electron chi connectivity index (χ4n) is 3.32. The van der Waals surface area contributed by atoms with Crippen molar-refractivity contribution in [3.05, 3.63) is 60.2 Å². The first-order chi connectivity index (χ1) is 13.2. The van der Waals surface area contributed by atoms with Gasteiger partial charge in [0.25, 0.3) is 0 Å². The van der Waals surface area contributed by atoms with E-state index in [1.807, 2.05) is 30.3 Å². The van der Waals surface area contributed by atoms with Gasteiger partial charge in [-0.15, -0.1) is 0 Å². The number of ether oxygens (including phenoxy) is 2. The first-order valence-corrected chi connectivity index (χ1v) is 8.77. The highest BCUT2D eigenvalue weighted by atomic mass is 16.5. The second-order valence-corrected chi connectivity index (χ2v) is 6.48. The minimum Gasteiger partial charge on any atom is -0.493 e. The average Bonchev–Trinajstić information content (AvgIpc) is 3.08. The lowest BCUT2D eigenvalue weighted by Crippen LogP contribution is -2.18. The van der Waals surface area contributed by atoms with Crippen LogP contribution in [0.1, 0.15) is 23.7 Å². The van der Waals surface area contributed by atoms with Gasteiger partial charge in [0.05, 0.1) is 33.2 Å². The van der Waals surface area contributed by atoms with E-state index in [-0.39, 0.29) is 17.7 Å². The van der Waals surface area contributed by atoms with Crippen LogP contribution < -0.4 is 14.8 Å². The summed E-state index contributed by atoms with van der Waals surface area (Å²) in [6, 6.07) is 11.2. The van der Waals surface area contributed by atoms with Gasteiger partial charge >= 0.3 is 0 Å². The Labute approximate surface area is 156 Å². The number of anilines is 1. The van der Waals surface area contributed by atoms with Gasteiger partial charge in [-0.3, -0.25) is 4.79 Å². The van der Waals surface area contributed by atoms with Crippen LogP contribution >= 0.6 is 0 Å². The second kappa shape index (κ2) is 7.19. The second-order valence-electron chi connectivity index (χ2n) is 6.48. The van der Waals surface area contributed by atoms with Crippen LogP contribution in [0.3, 0.4) is 0 Å². The Morgan fingerprint density at radius 3 is 2.89 bits per heavy atom. The van der Waals surface area contributed by atoms with Crippen molar-refractivity contribution in [2.45, 2.75) is 18.9 Å². The number of amides is 1. The molecule has 7 nitrogen and oxygen atoms in total. The van der Waals surface area contributed by atoms with Crippen molar-refractivity contribution in [1.82, 2.24) is 9.78 Å². The van der Waals surface area contributed by atoms with Gasteiger partial charge in [0, 0.05) is 23.5 Å². The number of hydrogen-bond acceptors (Lipinski definition) is 5. The summed E-state index contributed by atoms with van der Waals surface area (Å²) in [5.41, 5.74) is 0.913. The van der Waals surface area contributed by atoms with Gasteiger partial charge in [-0.2, -0.15) is 5.10 Å². The maximum atomic E-state index is 12.6. The van der Waals surface area contributed by atoms with E-state index < -0.39 is 0 Å². The lowest BCUT2D eigenvalue weighted by atomic mass is 10.2. The van der Waals surface area contributed by atoms with Crippen molar-refractivity contribution in [2.75, 3.05) is 19.5 Å². The zero-order chi connectivity index (χ0) is 18.8. The van der Waals surface area contributed by atoms with E-state index in [4.69, 9.17) is 13.9 Å². The Morgan fingerprint density at radius 1 is 1.26 bits per heavy atom. The molecule has 1 saturated carbocycles. The van der Waals surface area contributed by atoms with Crippen LogP contribution in [0, 0.1) is 5.92 Å². The van der Waals surface area contributed by atoms with Gasteiger partial charge in [0.2, 0.25) is 5.91 Å². The van der Waals surface area contributed by atoms with Crippen LogP contribution in [0.25, 0.3) is 0 Å². The third-order valence-electron chi connectivity index (χ3n) is 4.81. The number of methoxy groups -OCH3 is 2. The number of hydrogen-bond donors (Lipinski definition) is 1. The number of carbonyl (C=O) groups excluding carboxylic acids is 1. The minimum absolute atomic E-state index is 0.0178. The molecule has 0 unspecified atom stereocenters. The summed E-state index contributed by atoms with van der Waals surface area (Å²) in [7, 11) is 3.21. The number of furan rings is 1. The van der Waals surface area contributed by atoms with Crippen LogP contribution in [0.5, 0.6) is 11.5 Å². The van der Waals surface area contributed by atoms with Crippen LogP contribution in [0.15, 0.2) is 53.3 Å². The van der Waals surface area contributed by atoms with Crippen molar-refractivity contribution < 1.29 is 18.7 Å². The molecular formula is C20H21N3O4. The highest BCUT2D eigenvalue weighted by Gasteiger charge is 2.46. The summed E-state index contributed by atoms with van der Waals surface area (Å²) < 4.78 is 18.0. The molecule has 0 spiro atoms. The van der Waals surface area contributed by atoms with Crippen molar-refractivity contribution in [1.29, 1.82) is 0 Å². The van der Waals surface area contributed by atoms with Crippen molar-refractivity contribution >= 4 is 11.7 Å². The molecule has 0 bridgehead atoms. The predicted molar refractivity (Wildman–Crippen MR) is 99.1 cm³/mol. The molecule has 1 fully saturated rings. The smallest absolute Gasteiger partial charge is 0.229 e. The lowest BCUT2D eigenvalue weighted by molar-refractivity contribution is -0.117. The van der Waals surface area contributed by atoms with E-state index in [2.05, 4.69) is 10.4 Å². The molecule has 1 N–H and O–H groups in total. The van der Waals surface area contributed by atoms with Crippen molar-refractivity contribution in [2.24, 2.45) is 5.92 Å². The number of rotatable bonds is 7. The summed E-state index contributed by atoms with van der Waals surface area (Å²) >= 11 is 0. The van der Waals surface area contributed by atoms with Gasteiger partial charge in [-0.25, -0.2) is 4.68 Å². The van der Waals surface area contributed by atoms with Gasteiger partial charge in [-0.1, -0.05) is 12.1 Å². The van der Waals surface area contributed by atoms with E-state index >= 15 is 0 Å². The molecule has 3 aromatic rings. The van der Waals surface area contributed by atoms with Gasteiger partial charge < -0.3 is 19.2 Å². The number of nitrogens with one attached hydrogen (secondary N) is 1. The quantitative estimate of drug-likeness (QED) is 0.693. The molecule has 4 rings (SSSR count). The fourth-order valence-corrected chi connectivity index (χ4v) is 3.32. The Hall–Kier alpha value is -3.22. The zero-order valence-electron chi connectivity index (χ0n) is 15.2. The topological polar surface area (TPSA) is 78.5 Å². The van der Waals surface area contributed by atoms with E-state index in [1.165, 1.54) is 0 Å². The van der Waals surface area contributed by atoms with E-state index in [1.54, 1.807) is 37.4 Å². The fraction of sp³-hybridized carbons (Fsp3) is 0.300. The van der Waals surface area contributed by atoms with E-state index in [0.717, 1.165) is 17.7 Å². The highest BCUT2D eigenvalue weighted by molar-refractivity contribution is 5.94. The van der Waals surface area contributed by atoms with Crippen LogP contribution in [-0.4, -0.2) is 29.9 Å². The third kappa shape index (κ3) is 3.40. The Bertz CT molecular complexity index is 933. The van der Waals surface area contributed by atoms with Gasteiger partial charge in [-0.05, 0) is 24.6 Å². The minimum atomic E-state index is -0.0640. The average molecular weight is 367 g/mol. The molecule has 1 aliphatic carbocycles. The molecule has 2 atom stereocenters. The van der Waals surface area contributed by atoms with Crippen LogP contribution in [0.2, 0.25) is 0 Å². The third-order valence-corrected chi connectivity index (χ3v) is 4.81. The van der Waals surface area contributed by atoms with Gasteiger partial charge in [0.15, 0.2) is 11.5 Å². The molecule has 0 aliphatic heterocycles. The van der Waals surface area contributed by atoms with E-state index in [9.17, 15) is 4.79 Å². The molecule has 140 valence electrons. The molecule has 1 amide bonds. The predicted octanol–water partition coefficient (Wildman–Crippen LogP) is 3.28. The molecule has 0 radical (unpaired) electrons. The normalized spacial score (nSPS) is 18.1. The maximum absolute atomic E-state index is 12.6. The molecule has 27 heavy (non-hydrogen) atoms. The van der Waals surface area contributed by atoms with Crippen molar-refractivity contribution in [3.63, 3.8) is 0 Å². The number of para-hydroxylation sites is 1. The summed E-state index contributed by atoms with van der Waals surface area (Å²) in [5, 5.41) is 7.31. The Morgan fingerprint density at radius 2 is 2.15 bits per heavy atom. The summed E-state index contributed by atoms with van der Waals surface area (Å²) in [6.07, 6.45) is 4.11. The molecule has 2 aromatic heterocycles. The highest BCUT2D eigenvalue weighted by Crippen LogP contribution is 2.48. The summed E-state index contributed by atoms with van der Waals surface area (Å²) in [6.45, 7) is 0.454. The van der Waals surface area contributed by atoms with Gasteiger partial charge in [0.1, 0.15) is 11.6 Å². The van der Waals surface area contributed by atoms with Crippen LogP contribution in [-0.2, 0) is 11.3 Å². The number of aromatic nitrogens is 2. The number of benzene rings is 1. The van der Waals surface area contributed by atoms with Crippen molar-refractivity contribution in [3.8, 4) is 11.5 Å². The zero-order valence-corrected chi connectivity index (χ0v) is 15.2. The monoisotopic (exact) mass is 367 g/mol. The molecule has 2 heterocycles. The molecule has 0 saturated heterocycles. The standard InChI is InChI=1S/C20H21N3O4/c1-25-17-6-3-5-13(19(17)26-2)12-23-18(8-9-21-23)22-20(24)15-11-14(15)16-7-4-10-27-16/h3-10,14-15H,11-12H2,1-2H3,(H,22,24)/t14-,15-/m1/s1. The summed E-state index contributed by atoms with van der Waals surface area (Å²) in [4.78, 5) is 12.6. The van der Waals surface area contributed by atoms with E-state index in [0.29, 0.717) is 23.9 Å². The molecular weight excluding hydrogens is 346 g/mol. The molecule has 1 aromatic carbocycles. The lowest BCUT2D eigenvalue weighted by Gasteiger charge is -2.14. The first-order valence-electron chi connectivity index (χ1n) is 8.77. The molecule has 7 heteroatoms. The van der Waals surface area contributed by atoms with Crippen LogP contribution in [0.4, 0.5) is 5.82 Å². The number of nitrogens with zero attached hydrogens (tertiary/aromatic N) is 2. The summed E-state index contributed by atoms with van der Waals surface area (Å²) in [5.74, 6) is 2.91. The maximum Gasteiger partial charge on any atom is 0.229 e. The Balaban J connectivity index is 1.47. The SMILES string of the molecule is COc1cccc(Cn2nccc2NC(=O)[C@@H]2C[C@H]2c2ccco2)c1OC. The number of carbonyl (C=O) groups is 1.